The van der Waals surface area contributed by atoms with Crippen molar-refractivity contribution in [1.29, 1.82) is 0 Å². The molecule has 0 aromatic heterocycles. The fraction of sp³-hybridized carbons (Fsp3) is 0.450. The van der Waals surface area contributed by atoms with E-state index < -0.39 is 24.2 Å². The molecule has 8 nitrogen and oxygen atoms in total. The number of aryl methyl sites for hydroxylation is 2. The highest BCUT2D eigenvalue weighted by molar-refractivity contribution is 6.00. The van der Waals surface area contributed by atoms with E-state index in [1.54, 1.807) is 0 Å². The van der Waals surface area contributed by atoms with E-state index in [2.05, 4.69) is 23.6 Å². The van der Waals surface area contributed by atoms with Crippen molar-refractivity contribution in [3.8, 4) is 0 Å². The van der Waals surface area contributed by atoms with E-state index in [0.717, 1.165) is 12.0 Å². The molecule has 0 aliphatic rings. The van der Waals surface area contributed by atoms with Crippen LogP contribution in [0.2, 0.25) is 0 Å². The SMILES string of the molecule is CCc1cccc(CCC(=O)CC(=O)CCC(=O)NCNC(=O)CC(=O)O)c1. The smallest absolute Gasteiger partial charge is 0.312 e. The van der Waals surface area contributed by atoms with E-state index >= 15 is 0 Å². The van der Waals surface area contributed by atoms with E-state index in [-0.39, 0.29) is 43.9 Å². The summed E-state index contributed by atoms with van der Waals surface area (Å²) in [7, 11) is 0. The minimum absolute atomic E-state index is 0.0635. The van der Waals surface area contributed by atoms with E-state index in [1.165, 1.54) is 5.56 Å². The summed E-state index contributed by atoms with van der Waals surface area (Å²) < 4.78 is 0. The van der Waals surface area contributed by atoms with Crippen LogP contribution in [-0.4, -0.2) is 41.1 Å². The molecule has 0 fully saturated rings. The van der Waals surface area contributed by atoms with Crippen LogP contribution in [0.25, 0.3) is 0 Å². The molecule has 1 aromatic rings. The highest BCUT2D eigenvalue weighted by atomic mass is 16.4. The van der Waals surface area contributed by atoms with Gasteiger partial charge in [0.05, 0.1) is 13.1 Å². The van der Waals surface area contributed by atoms with E-state index in [0.29, 0.717) is 6.42 Å². The van der Waals surface area contributed by atoms with Gasteiger partial charge in [0, 0.05) is 19.3 Å². The Balaban J connectivity index is 2.20. The first-order valence-corrected chi connectivity index (χ1v) is 9.16. The third-order valence-corrected chi connectivity index (χ3v) is 4.00. The Morgan fingerprint density at radius 1 is 0.857 bits per heavy atom. The van der Waals surface area contributed by atoms with Crippen molar-refractivity contribution in [2.24, 2.45) is 0 Å². The van der Waals surface area contributed by atoms with Crippen molar-refractivity contribution in [1.82, 2.24) is 10.6 Å². The van der Waals surface area contributed by atoms with Crippen LogP contribution < -0.4 is 10.6 Å². The number of nitrogens with one attached hydrogen (secondary N) is 2. The predicted octanol–water partition coefficient (Wildman–Crippen LogP) is 1.15. The molecule has 0 bridgehead atoms. The molecule has 1 aromatic carbocycles. The lowest BCUT2D eigenvalue weighted by Crippen LogP contribution is -2.38. The van der Waals surface area contributed by atoms with Gasteiger partial charge in [0.25, 0.3) is 0 Å². The summed E-state index contributed by atoms with van der Waals surface area (Å²) in [5, 5.41) is 13.0. The maximum absolute atomic E-state index is 11.9. The summed E-state index contributed by atoms with van der Waals surface area (Å²) in [5.41, 5.74) is 2.26. The molecule has 2 amide bonds. The average Bonchev–Trinajstić information content (AvgIpc) is 2.64. The Hall–Kier alpha value is -3.03. The Labute approximate surface area is 163 Å². The Morgan fingerprint density at radius 2 is 1.50 bits per heavy atom. The van der Waals surface area contributed by atoms with Gasteiger partial charge in [0.1, 0.15) is 18.0 Å². The molecule has 8 heteroatoms. The molecule has 0 spiro atoms. The Bertz CT molecular complexity index is 729. The zero-order valence-corrected chi connectivity index (χ0v) is 16.0. The number of carbonyl (C=O) groups is 5. The van der Waals surface area contributed by atoms with Crippen LogP contribution >= 0.6 is 0 Å². The summed E-state index contributed by atoms with van der Waals surface area (Å²) in [4.78, 5) is 56.8. The molecule has 0 atom stereocenters. The fourth-order valence-corrected chi connectivity index (χ4v) is 2.47. The molecule has 0 heterocycles. The third kappa shape index (κ3) is 10.2. The second kappa shape index (κ2) is 12.4. The molecule has 0 saturated carbocycles. The first-order chi connectivity index (χ1) is 13.3. The second-order valence-corrected chi connectivity index (χ2v) is 6.37. The number of carboxylic acids is 1. The van der Waals surface area contributed by atoms with Gasteiger partial charge in [-0.05, 0) is 24.0 Å². The van der Waals surface area contributed by atoms with Gasteiger partial charge in [-0.15, -0.1) is 0 Å². The van der Waals surface area contributed by atoms with Gasteiger partial charge in [-0.3, -0.25) is 24.0 Å². The molecule has 28 heavy (non-hydrogen) atoms. The van der Waals surface area contributed by atoms with Crippen molar-refractivity contribution < 1.29 is 29.1 Å². The minimum Gasteiger partial charge on any atom is -0.481 e. The molecule has 0 aliphatic carbocycles. The standard InChI is InChI=1S/C20H26N2O6/c1-2-14-4-3-5-15(10-14)6-7-16(23)11-17(24)8-9-18(25)21-13-22-19(26)12-20(27)28/h3-5,10H,2,6-9,11-13H2,1H3,(H,21,25)(H,22,26)(H,27,28). The number of amides is 2. The normalized spacial score (nSPS) is 10.2. The molecule has 0 aliphatic heterocycles. The quantitative estimate of drug-likeness (QED) is 0.342. The van der Waals surface area contributed by atoms with Gasteiger partial charge in [-0.1, -0.05) is 31.2 Å². The van der Waals surface area contributed by atoms with E-state index in [1.807, 2.05) is 18.2 Å². The summed E-state index contributed by atoms with van der Waals surface area (Å²) in [6, 6.07) is 7.98. The minimum atomic E-state index is -1.27. The van der Waals surface area contributed by atoms with Crippen LogP contribution in [0.3, 0.4) is 0 Å². The molecular weight excluding hydrogens is 364 g/mol. The van der Waals surface area contributed by atoms with Gasteiger partial charge in [-0.2, -0.15) is 0 Å². The number of aliphatic carboxylic acids is 1. The van der Waals surface area contributed by atoms with E-state index in [9.17, 15) is 24.0 Å². The van der Waals surface area contributed by atoms with Crippen molar-refractivity contribution in [3.63, 3.8) is 0 Å². The number of benzene rings is 1. The predicted molar refractivity (Wildman–Crippen MR) is 101 cm³/mol. The maximum Gasteiger partial charge on any atom is 0.312 e. The van der Waals surface area contributed by atoms with Crippen LogP contribution in [0.4, 0.5) is 0 Å². The number of ketones is 2. The van der Waals surface area contributed by atoms with Crippen molar-refractivity contribution in [2.75, 3.05) is 6.67 Å². The number of hydrogen-bond acceptors (Lipinski definition) is 5. The Kier molecular flexibility index (Phi) is 10.2. The molecular formula is C20H26N2O6. The number of rotatable bonds is 13. The third-order valence-electron chi connectivity index (χ3n) is 4.00. The lowest BCUT2D eigenvalue weighted by Gasteiger charge is -2.06. The summed E-state index contributed by atoms with van der Waals surface area (Å²) in [6.07, 6.45) is 0.740. The van der Waals surface area contributed by atoms with Gasteiger partial charge in [0.2, 0.25) is 11.8 Å². The van der Waals surface area contributed by atoms with Gasteiger partial charge in [0.15, 0.2) is 0 Å². The van der Waals surface area contributed by atoms with Gasteiger partial charge < -0.3 is 15.7 Å². The van der Waals surface area contributed by atoms with Gasteiger partial charge in [-0.25, -0.2) is 0 Å². The zero-order chi connectivity index (χ0) is 20.9. The topological polar surface area (TPSA) is 130 Å². The largest absolute Gasteiger partial charge is 0.481 e. The summed E-state index contributed by atoms with van der Waals surface area (Å²) >= 11 is 0. The first-order valence-electron chi connectivity index (χ1n) is 9.16. The number of Topliss-reactive ketones (excluding diaryl/α,β-unsaturated/α-hetero) is 2. The molecule has 0 unspecified atom stereocenters. The Morgan fingerprint density at radius 3 is 2.18 bits per heavy atom. The lowest BCUT2D eigenvalue weighted by atomic mass is 10.0. The van der Waals surface area contributed by atoms with Crippen molar-refractivity contribution >= 4 is 29.4 Å². The van der Waals surface area contributed by atoms with Crippen LogP contribution in [0, 0.1) is 0 Å². The highest BCUT2D eigenvalue weighted by Gasteiger charge is 2.12. The van der Waals surface area contributed by atoms with Crippen LogP contribution in [0.15, 0.2) is 24.3 Å². The molecule has 1 rings (SSSR count). The van der Waals surface area contributed by atoms with Crippen LogP contribution in [-0.2, 0) is 36.8 Å². The highest BCUT2D eigenvalue weighted by Crippen LogP contribution is 2.09. The van der Waals surface area contributed by atoms with Crippen LogP contribution in [0.1, 0.15) is 50.2 Å². The summed E-state index contributed by atoms with van der Waals surface area (Å²) in [5.74, 6) is -2.92. The molecule has 3 N–H and O–H groups in total. The number of carboxylic acid groups (broad SMARTS) is 1. The first kappa shape index (κ1) is 23.0. The molecule has 152 valence electrons. The van der Waals surface area contributed by atoms with Crippen LogP contribution in [0.5, 0.6) is 0 Å². The maximum atomic E-state index is 11.9. The zero-order valence-electron chi connectivity index (χ0n) is 16.0. The average molecular weight is 390 g/mol. The fourth-order valence-electron chi connectivity index (χ4n) is 2.47. The van der Waals surface area contributed by atoms with Gasteiger partial charge >= 0.3 is 5.97 Å². The lowest BCUT2D eigenvalue weighted by molar-refractivity contribution is -0.140. The monoisotopic (exact) mass is 390 g/mol. The second-order valence-electron chi connectivity index (χ2n) is 6.37. The molecule has 0 radical (unpaired) electrons. The van der Waals surface area contributed by atoms with E-state index in [4.69, 9.17) is 5.11 Å². The summed E-state index contributed by atoms with van der Waals surface area (Å²) in [6.45, 7) is 1.85. The number of hydrogen-bond donors (Lipinski definition) is 3. The molecule has 0 saturated heterocycles. The van der Waals surface area contributed by atoms with Crippen molar-refractivity contribution in [3.05, 3.63) is 35.4 Å². The number of carbonyl (C=O) groups excluding carboxylic acids is 4. The van der Waals surface area contributed by atoms with Crippen molar-refractivity contribution in [2.45, 2.75) is 51.9 Å².